The average Bonchev–Trinajstić information content (AvgIpc) is 2.58. The second-order valence-electron chi connectivity index (χ2n) is 6.01. The largest absolute Gasteiger partial charge is 0.378 e. The molecule has 0 atom stereocenters. The van der Waals surface area contributed by atoms with Crippen LogP contribution in [-0.4, -0.2) is 47.1 Å². The monoisotopic (exact) mass is 326 g/mol. The summed E-state index contributed by atoms with van der Waals surface area (Å²) in [5.74, 6) is 1.12. The molecule has 1 aliphatic heterocycles. The van der Waals surface area contributed by atoms with E-state index in [1.54, 1.807) is 17.9 Å². The van der Waals surface area contributed by atoms with Gasteiger partial charge in [-0.05, 0) is 44.0 Å². The Balaban J connectivity index is 1.82. The van der Waals surface area contributed by atoms with E-state index in [1.165, 1.54) is 11.1 Å². The molecule has 1 N–H and O–H groups in total. The Bertz CT molecular complexity index is 755. The van der Waals surface area contributed by atoms with E-state index in [1.807, 2.05) is 6.07 Å². The maximum atomic E-state index is 12.6. The first-order chi connectivity index (χ1) is 11.5. The lowest BCUT2D eigenvalue weighted by atomic mass is 10.1. The fraction of sp³-hybridized carbons (Fsp3) is 0.389. The summed E-state index contributed by atoms with van der Waals surface area (Å²) >= 11 is 0. The number of nitrogens with zero attached hydrogens (tertiary/aromatic N) is 3. The molecule has 3 rings (SSSR count). The Kier molecular flexibility index (Phi) is 4.76. The zero-order chi connectivity index (χ0) is 17.1. The number of hydrogen-bond donors (Lipinski definition) is 1. The lowest BCUT2D eigenvalue weighted by Gasteiger charge is -2.26. The molecule has 6 heteroatoms. The van der Waals surface area contributed by atoms with Crippen LogP contribution in [0, 0.1) is 20.8 Å². The third-order valence-corrected chi connectivity index (χ3v) is 4.13. The van der Waals surface area contributed by atoms with Gasteiger partial charge in [-0.15, -0.1) is 0 Å². The Hall–Kier alpha value is -2.47. The molecular formula is C18H22N4O2. The number of amides is 1. The molecule has 1 aromatic carbocycles. The lowest BCUT2D eigenvalue weighted by molar-refractivity contribution is 0.0299. The van der Waals surface area contributed by atoms with Gasteiger partial charge in [0.25, 0.3) is 5.91 Å². The minimum absolute atomic E-state index is 0.0769. The van der Waals surface area contributed by atoms with Crippen LogP contribution in [0.15, 0.2) is 24.3 Å². The second kappa shape index (κ2) is 6.97. The highest BCUT2D eigenvalue weighted by Crippen LogP contribution is 2.19. The molecule has 126 valence electrons. The molecule has 1 saturated heterocycles. The summed E-state index contributed by atoms with van der Waals surface area (Å²) in [6.45, 7) is 8.28. The first kappa shape index (κ1) is 16.4. The van der Waals surface area contributed by atoms with Crippen molar-refractivity contribution < 1.29 is 9.53 Å². The maximum Gasteiger partial charge on any atom is 0.272 e. The van der Waals surface area contributed by atoms with Crippen molar-refractivity contribution in [3.63, 3.8) is 0 Å². The van der Waals surface area contributed by atoms with Crippen LogP contribution in [0.25, 0.3) is 0 Å². The van der Waals surface area contributed by atoms with Crippen molar-refractivity contribution in [3.05, 3.63) is 46.9 Å². The molecule has 0 spiro atoms. The predicted octanol–water partition coefficient (Wildman–Crippen LogP) is 2.62. The van der Waals surface area contributed by atoms with Gasteiger partial charge in [-0.1, -0.05) is 6.07 Å². The van der Waals surface area contributed by atoms with Gasteiger partial charge in [0.2, 0.25) is 0 Å². The molecular weight excluding hydrogens is 304 g/mol. The first-order valence-electron chi connectivity index (χ1n) is 8.10. The van der Waals surface area contributed by atoms with Gasteiger partial charge in [0.1, 0.15) is 17.3 Å². The van der Waals surface area contributed by atoms with E-state index < -0.39 is 0 Å². The minimum atomic E-state index is -0.0769. The number of hydrogen-bond acceptors (Lipinski definition) is 5. The van der Waals surface area contributed by atoms with Crippen LogP contribution in [0.4, 0.5) is 11.5 Å². The third kappa shape index (κ3) is 3.71. The summed E-state index contributed by atoms with van der Waals surface area (Å²) in [7, 11) is 0. The summed E-state index contributed by atoms with van der Waals surface area (Å²) in [6, 6.07) is 7.84. The number of anilines is 2. The predicted molar refractivity (Wildman–Crippen MR) is 92.7 cm³/mol. The number of aromatic nitrogens is 2. The maximum absolute atomic E-state index is 12.6. The summed E-state index contributed by atoms with van der Waals surface area (Å²) in [5, 5.41) is 3.26. The van der Waals surface area contributed by atoms with Crippen LogP contribution >= 0.6 is 0 Å². The van der Waals surface area contributed by atoms with Gasteiger partial charge in [-0.3, -0.25) is 4.79 Å². The SMILES string of the molecule is Cc1nc(Nc2ccc(C)c(C)c2)cc(C(=O)N2CCOCC2)n1. The van der Waals surface area contributed by atoms with Gasteiger partial charge in [0.05, 0.1) is 13.2 Å². The van der Waals surface area contributed by atoms with Crippen molar-refractivity contribution in [3.8, 4) is 0 Å². The van der Waals surface area contributed by atoms with Gasteiger partial charge in [-0.25, -0.2) is 9.97 Å². The number of ether oxygens (including phenoxy) is 1. The number of carbonyl (C=O) groups is 1. The van der Waals surface area contributed by atoms with Crippen LogP contribution in [-0.2, 0) is 4.74 Å². The molecule has 0 unspecified atom stereocenters. The van der Waals surface area contributed by atoms with Gasteiger partial charge in [0, 0.05) is 24.8 Å². The van der Waals surface area contributed by atoms with E-state index >= 15 is 0 Å². The number of rotatable bonds is 3. The summed E-state index contributed by atoms with van der Waals surface area (Å²) in [6.07, 6.45) is 0. The molecule has 1 aliphatic rings. The fourth-order valence-electron chi connectivity index (χ4n) is 2.64. The van der Waals surface area contributed by atoms with Gasteiger partial charge >= 0.3 is 0 Å². The van der Waals surface area contributed by atoms with Crippen molar-refractivity contribution in [2.24, 2.45) is 0 Å². The topological polar surface area (TPSA) is 67.4 Å². The van der Waals surface area contributed by atoms with Crippen molar-refractivity contribution in [2.45, 2.75) is 20.8 Å². The van der Waals surface area contributed by atoms with Crippen LogP contribution in [0.5, 0.6) is 0 Å². The minimum Gasteiger partial charge on any atom is -0.378 e. The van der Waals surface area contributed by atoms with E-state index in [0.29, 0.717) is 43.6 Å². The summed E-state index contributed by atoms with van der Waals surface area (Å²) < 4.78 is 5.29. The van der Waals surface area contributed by atoms with Crippen LogP contribution in [0.2, 0.25) is 0 Å². The van der Waals surface area contributed by atoms with E-state index in [4.69, 9.17) is 4.74 Å². The molecule has 1 aromatic heterocycles. The van der Waals surface area contributed by atoms with Crippen LogP contribution in [0.1, 0.15) is 27.4 Å². The Labute approximate surface area is 141 Å². The molecule has 6 nitrogen and oxygen atoms in total. The summed E-state index contributed by atoms with van der Waals surface area (Å²) in [5.41, 5.74) is 3.80. The van der Waals surface area contributed by atoms with Crippen molar-refractivity contribution in [2.75, 3.05) is 31.6 Å². The smallest absolute Gasteiger partial charge is 0.272 e. The van der Waals surface area contributed by atoms with Crippen molar-refractivity contribution in [1.29, 1.82) is 0 Å². The molecule has 0 radical (unpaired) electrons. The highest BCUT2D eigenvalue weighted by Gasteiger charge is 2.20. The van der Waals surface area contributed by atoms with E-state index in [-0.39, 0.29) is 5.91 Å². The van der Waals surface area contributed by atoms with Crippen LogP contribution < -0.4 is 5.32 Å². The Morgan fingerprint density at radius 1 is 1.08 bits per heavy atom. The Morgan fingerprint density at radius 3 is 2.54 bits per heavy atom. The first-order valence-corrected chi connectivity index (χ1v) is 8.10. The highest BCUT2D eigenvalue weighted by atomic mass is 16.5. The molecule has 0 saturated carbocycles. The number of benzene rings is 1. The van der Waals surface area contributed by atoms with E-state index in [9.17, 15) is 4.79 Å². The Morgan fingerprint density at radius 2 is 1.83 bits per heavy atom. The van der Waals surface area contributed by atoms with Crippen molar-refractivity contribution in [1.82, 2.24) is 14.9 Å². The normalized spacial score (nSPS) is 14.5. The molecule has 2 heterocycles. The standard InChI is InChI=1S/C18H22N4O2/c1-12-4-5-15(10-13(12)2)21-17-11-16(19-14(3)20-17)18(23)22-6-8-24-9-7-22/h4-5,10-11H,6-9H2,1-3H3,(H,19,20,21). The van der Waals surface area contributed by atoms with Crippen LogP contribution in [0.3, 0.4) is 0 Å². The zero-order valence-electron chi connectivity index (χ0n) is 14.3. The molecule has 1 amide bonds. The summed E-state index contributed by atoms with van der Waals surface area (Å²) in [4.78, 5) is 23.1. The average molecular weight is 326 g/mol. The van der Waals surface area contributed by atoms with E-state index in [0.717, 1.165) is 5.69 Å². The fourth-order valence-corrected chi connectivity index (χ4v) is 2.64. The molecule has 2 aromatic rings. The zero-order valence-corrected chi connectivity index (χ0v) is 14.3. The van der Waals surface area contributed by atoms with Gasteiger partial charge < -0.3 is 15.0 Å². The third-order valence-electron chi connectivity index (χ3n) is 4.13. The second-order valence-corrected chi connectivity index (χ2v) is 6.01. The lowest BCUT2D eigenvalue weighted by Crippen LogP contribution is -2.41. The number of nitrogens with one attached hydrogen (secondary N) is 1. The van der Waals surface area contributed by atoms with Crippen molar-refractivity contribution >= 4 is 17.4 Å². The quantitative estimate of drug-likeness (QED) is 0.939. The molecule has 0 aliphatic carbocycles. The van der Waals surface area contributed by atoms with Gasteiger partial charge in [-0.2, -0.15) is 0 Å². The molecule has 0 bridgehead atoms. The number of carbonyl (C=O) groups excluding carboxylic acids is 1. The molecule has 1 fully saturated rings. The van der Waals surface area contributed by atoms with Gasteiger partial charge in [0.15, 0.2) is 0 Å². The number of morpholine rings is 1. The van der Waals surface area contributed by atoms with E-state index in [2.05, 4.69) is 41.3 Å². The molecule has 24 heavy (non-hydrogen) atoms. The highest BCUT2D eigenvalue weighted by molar-refractivity contribution is 5.93. The number of aryl methyl sites for hydroxylation is 3.